The fourth-order valence-electron chi connectivity index (χ4n) is 1.10. The molecule has 0 radical (unpaired) electrons. The second-order valence-corrected chi connectivity index (χ2v) is 3.49. The summed E-state index contributed by atoms with van der Waals surface area (Å²) in [5.74, 6) is 0.00604. The van der Waals surface area contributed by atoms with Crippen molar-refractivity contribution in [3.05, 3.63) is 0 Å². The molecule has 0 bridgehead atoms. The Kier molecular flexibility index (Phi) is 11.9. The molecule has 0 aliphatic carbocycles. The lowest BCUT2D eigenvalue weighted by molar-refractivity contribution is -0.120. The van der Waals surface area contributed by atoms with Crippen molar-refractivity contribution in [3.63, 3.8) is 0 Å². The predicted molar refractivity (Wildman–Crippen MR) is 63.5 cm³/mol. The summed E-state index contributed by atoms with van der Waals surface area (Å²) in [6.07, 6.45) is 1.99. The number of hydrogen-bond acceptors (Lipinski definition) is 4. The zero-order chi connectivity index (χ0) is 12.1. The van der Waals surface area contributed by atoms with Crippen molar-refractivity contribution in [2.45, 2.75) is 19.8 Å². The third-order valence-electron chi connectivity index (χ3n) is 1.90. The summed E-state index contributed by atoms with van der Waals surface area (Å²) in [5.41, 5.74) is 0. The summed E-state index contributed by atoms with van der Waals surface area (Å²) >= 11 is 0. The van der Waals surface area contributed by atoms with Crippen LogP contribution >= 0.6 is 0 Å². The fourth-order valence-corrected chi connectivity index (χ4v) is 1.10. The smallest absolute Gasteiger partial charge is 0.234 e. The van der Waals surface area contributed by atoms with Gasteiger partial charge in [-0.15, -0.1) is 0 Å². The molecule has 0 spiro atoms. The number of methoxy groups -OCH3 is 1. The standard InChI is InChI=1S/C11H24N2O3/c1-3-7-16-8-4-5-12-10-11(14)13-6-9-15-2/h12H,3-10H2,1-2H3,(H,13,14). The third-order valence-corrected chi connectivity index (χ3v) is 1.90. The fraction of sp³-hybridized carbons (Fsp3) is 0.909. The number of rotatable bonds is 11. The van der Waals surface area contributed by atoms with Gasteiger partial charge in [0.15, 0.2) is 0 Å². The van der Waals surface area contributed by atoms with Crippen molar-refractivity contribution < 1.29 is 14.3 Å². The number of ether oxygens (including phenoxy) is 2. The van der Waals surface area contributed by atoms with E-state index in [2.05, 4.69) is 17.6 Å². The second-order valence-electron chi connectivity index (χ2n) is 3.49. The van der Waals surface area contributed by atoms with Crippen LogP contribution in [0.4, 0.5) is 0 Å². The summed E-state index contributed by atoms with van der Waals surface area (Å²) in [6, 6.07) is 0. The van der Waals surface area contributed by atoms with Crippen molar-refractivity contribution in [3.8, 4) is 0 Å². The van der Waals surface area contributed by atoms with Crippen molar-refractivity contribution in [2.75, 3.05) is 46.6 Å². The highest BCUT2D eigenvalue weighted by atomic mass is 16.5. The Morgan fingerprint density at radius 1 is 1.19 bits per heavy atom. The van der Waals surface area contributed by atoms with Gasteiger partial charge in [0, 0.05) is 26.9 Å². The first kappa shape index (κ1) is 15.3. The lowest BCUT2D eigenvalue weighted by Gasteiger charge is -2.06. The highest BCUT2D eigenvalue weighted by Gasteiger charge is 1.98. The molecule has 16 heavy (non-hydrogen) atoms. The minimum absolute atomic E-state index is 0.00604. The first-order valence-corrected chi connectivity index (χ1v) is 5.85. The van der Waals surface area contributed by atoms with Crippen LogP contribution in [0, 0.1) is 0 Å². The molecule has 0 saturated carbocycles. The molecule has 0 unspecified atom stereocenters. The number of carbonyl (C=O) groups excluding carboxylic acids is 1. The van der Waals surface area contributed by atoms with Gasteiger partial charge in [-0.1, -0.05) is 6.92 Å². The van der Waals surface area contributed by atoms with Gasteiger partial charge in [0.05, 0.1) is 13.2 Å². The highest BCUT2D eigenvalue weighted by Crippen LogP contribution is 1.83. The van der Waals surface area contributed by atoms with Crippen LogP contribution in [0.1, 0.15) is 19.8 Å². The Labute approximate surface area is 97.9 Å². The summed E-state index contributed by atoms with van der Waals surface area (Å²) < 4.78 is 10.1. The summed E-state index contributed by atoms with van der Waals surface area (Å²) in [6.45, 7) is 5.94. The third kappa shape index (κ3) is 11.4. The Morgan fingerprint density at radius 3 is 2.69 bits per heavy atom. The molecule has 5 nitrogen and oxygen atoms in total. The zero-order valence-electron chi connectivity index (χ0n) is 10.4. The SMILES string of the molecule is CCCOCCCNCC(=O)NCCOC. The topological polar surface area (TPSA) is 59.6 Å². The van der Waals surface area contributed by atoms with E-state index in [0.29, 0.717) is 19.7 Å². The molecule has 96 valence electrons. The van der Waals surface area contributed by atoms with E-state index in [1.807, 2.05) is 0 Å². The Bertz CT molecular complexity index is 165. The van der Waals surface area contributed by atoms with Crippen LogP contribution in [0.2, 0.25) is 0 Å². The van der Waals surface area contributed by atoms with Crippen molar-refractivity contribution in [1.82, 2.24) is 10.6 Å². The average molecular weight is 232 g/mol. The second kappa shape index (κ2) is 12.4. The van der Waals surface area contributed by atoms with Crippen LogP contribution in [-0.2, 0) is 14.3 Å². The van der Waals surface area contributed by atoms with Crippen LogP contribution in [-0.4, -0.2) is 52.5 Å². The molecule has 0 aliphatic heterocycles. The van der Waals surface area contributed by atoms with Crippen LogP contribution in [0.5, 0.6) is 0 Å². The van der Waals surface area contributed by atoms with E-state index in [0.717, 1.165) is 32.6 Å². The molecule has 5 heteroatoms. The molecule has 2 N–H and O–H groups in total. The molecule has 1 amide bonds. The maximum Gasteiger partial charge on any atom is 0.234 e. The van der Waals surface area contributed by atoms with Crippen LogP contribution in [0.3, 0.4) is 0 Å². The van der Waals surface area contributed by atoms with Crippen LogP contribution in [0.15, 0.2) is 0 Å². The number of nitrogens with one attached hydrogen (secondary N) is 2. The van der Waals surface area contributed by atoms with E-state index in [-0.39, 0.29) is 5.91 Å². The van der Waals surface area contributed by atoms with Gasteiger partial charge in [0.25, 0.3) is 0 Å². The van der Waals surface area contributed by atoms with Gasteiger partial charge in [-0.05, 0) is 19.4 Å². The van der Waals surface area contributed by atoms with E-state index in [9.17, 15) is 4.79 Å². The molecule has 0 aromatic heterocycles. The maximum atomic E-state index is 11.2. The zero-order valence-corrected chi connectivity index (χ0v) is 10.4. The number of hydrogen-bond donors (Lipinski definition) is 2. The van der Waals surface area contributed by atoms with Gasteiger partial charge in [-0.2, -0.15) is 0 Å². The number of amides is 1. The predicted octanol–water partition coefficient (Wildman–Crippen LogP) is 0.155. The van der Waals surface area contributed by atoms with Gasteiger partial charge >= 0.3 is 0 Å². The van der Waals surface area contributed by atoms with E-state index in [1.165, 1.54) is 0 Å². The number of carbonyl (C=O) groups is 1. The molecular formula is C11H24N2O3. The molecule has 0 atom stereocenters. The first-order chi connectivity index (χ1) is 7.81. The lowest BCUT2D eigenvalue weighted by atomic mass is 10.4. The monoisotopic (exact) mass is 232 g/mol. The van der Waals surface area contributed by atoms with Crippen molar-refractivity contribution >= 4 is 5.91 Å². The summed E-state index contributed by atoms with van der Waals surface area (Å²) in [5, 5.41) is 5.79. The lowest BCUT2D eigenvalue weighted by Crippen LogP contribution is -2.36. The van der Waals surface area contributed by atoms with Crippen LogP contribution < -0.4 is 10.6 Å². The molecule has 0 heterocycles. The van der Waals surface area contributed by atoms with E-state index >= 15 is 0 Å². The van der Waals surface area contributed by atoms with Gasteiger partial charge in [0.2, 0.25) is 5.91 Å². The van der Waals surface area contributed by atoms with E-state index < -0.39 is 0 Å². The Morgan fingerprint density at radius 2 is 2.00 bits per heavy atom. The normalized spacial score (nSPS) is 10.4. The largest absolute Gasteiger partial charge is 0.383 e. The van der Waals surface area contributed by atoms with Crippen molar-refractivity contribution in [1.29, 1.82) is 0 Å². The van der Waals surface area contributed by atoms with Crippen LogP contribution in [0.25, 0.3) is 0 Å². The Balaban J connectivity index is 3.09. The molecular weight excluding hydrogens is 208 g/mol. The molecule has 0 aromatic rings. The van der Waals surface area contributed by atoms with E-state index in [4.69, 9.17) is 9.47 Å². The van der Waals surface area contributed by atoms with Crippen molar-refractivity contribution in [2.24, 2.45) is 0 Å². The highest BCUT2D eigenvalue weighted by molar-refractivity contribution is 5.77. The van der Waals surface area contributed by atoms with E-state index in [1.54, 1.807) is 7.11 Å². The Hall–Kier alpha value is -0.650. The molecule has 0 fully saturated rings. The van der Waals surface area contributed by atoms with Gasteiger partial charge in [-0.25, -0.2) is 0 Å². The quantitative estimate of drug-likeness (QED) is 0.498. The van der Waals surface area contributed by atoms with Gasteiger partial charge in [0.1, 0.15) is 0 Å². The summed E-state index contributed by atoms with van der Waals surface area (Å²) in [4.78, 5) is 11.2. The van der Waals surface area contributed by atoms with Gasteiger partial charge in [-0.3, -0.25) is 4.79 Å². The summed E-state index contributed by atoms with van der Waals surface area (Å²) in [7, 11) is 1.61. The molecule has 0 aliphatic rings. The minimum Gasteiger partial charge on any atom is -0.383 e. The minimum atomic E-state index is 0.00604. The molecule has 0 rings (SSSR count). The molecule has 0 saturated heterocycles. The average Bonchev–Trinajstić information content (AvgIpc) is 2.28. The molecule has 0 aromatic carbocycles. The van der Waals surface area contributed by atoms with Gasteiger partial charge < -0.3 is 20.1 Å². The maximum absolute atomic E-state index is 11.2. The first-order valence-electron chi connectivity index (χ1n) is 5.85.